The van der Waals surface area contributed by atoms with Gasteiger partial charge in [0, 0.05) is 49.2 Å². The number of carbonyl (C=O) groups is 1. The number of furan rings is 1. The third kappa shape index (κ3) is 5.79. The van der Waals surface area contributed by atoms with E-state index in [9.17, 15) is 4.79 Å². The summed E-state index contributed by atoms with van der Waals surface area (Å²) in [6.07, 6.45) is 5.92. The molecule has 1 aliphatic rings. The highest BCUT2D eigenvalue weighted by atomic mass is 28.4. The van der Waals surface area contributed by atoms with Crippen LogP contribution in [0.25, 0.3) is 22.2 Å². The van der Waals surface area contributed by atoms with E-state index in [1.165, 1.54) is 0 Å². The maximum atomic E-state index is 13.4. The molecule has 0 radical (unpaired) electrons. The maximum Gasteiger partial charge on any atom is 0.291 e. The summed E-state index contributed by atoms with van der Waals surface area (Å²) < 4.78 is 14.6. The Hall–Kier alpha value is -3.43. The summed E-state index contributed by atoms with van der Waals surface area (Å²) in [5.41, 5.74) is 4.37. The number of aryl methyl sites for hydroxylation is 2. The Kier molecular flexibility index (Phi) is 7.15. The van der Waals surface area contributed by atoms with E-state index in [-0.39, 0.29) is 22.8 Å². The van der Waals surface area contributed by atoms with Crippen LogP contribution in [0.15, 0.2) is 53.2 Å². The molecule has 1 amide bonds. The molecule has 8 nitrogen and oxygen atoms in total. The molecule has 1 saturated heterocycles. The first-order valence-corrected chi connectivity index (χ1v) is 16.5. The number of anilines is 2. The van der Waals surface area contributed by atoms with Gasteiger partial charge in [-0.1, -0.05) is 20.8 Å². The first-order valence-electron chi connectivity index (χ1n) is 13.6. The predicted octanol–water partition coefficient (Wildman–Crippen LogP) is 6.78. The molecule has 1 N–H and O–H groups in total. The van der Waals surface area contributed by atoms with Gasteiger partial charge < -0.3 is 19.1 Å². The fourth-order valence-electron chi connectivity index (χ4n) is 4.89. The van der Waals surface area contributed by atoms with Crippen LogP contribution in [0.2, 0.25) is 18.1 Å². The number of hydrogen-bond donors (Lipinski definition) is 1. The number of fused-ring (bicyclic) bond motifs is 1. The van der Waals surface area contributed by atoms with Crippen molar-refractivity contribution in [1.29, 1.82) is 0 Å². The summed E-state index contributed by atoms with van der Waals surface area (Å²) in [5.74, 6) is 0.604. The van der Waals surface area contributed by atoms with Gasteiger partial charge in [-0.05, 0) is 74.3 Å². The van der Waals surface area contributed by atoms with Crippen LogP contribution in [0, 0.1) is 6.92 Å². The Balaban J connectivity index is 1.42. The third-order valence-corrected chi connectivity index (χ3v) is 12.5. The van der Waals surface area contributed by atoms with Gasteiger partial charge in [0.2, 0.25) is 0 Å². The maximum absolute atomic E-state index is 13.4. The number of benzene rings is 1. The van der Waals surface area contributed by atoms with Crippen molar-refractivity contribution >= 4 is 36.5 Å². The molecule has 5 rings (SSSR count). The summed E-state index contributed by atoms with van der Waals surface area (Å²) in [6.45, 7) is 15.0. The zero-order chi connectivity index (χ0) is 27.9. The van der Waals surface area contributed by atoms with E-state index < -0.39 is 8.32 Å². The quantitative estimate of drug-likeness (QED) is 0.269. The van der Waals surface area contributed by atoms with Crippen LogP contribution in [-0.4, -0.2) is 48.2 Å². The fraction of sp³-hybridized carbons (Fsp3) is 0.433. The Morgan fingerprint density at radius 3 is 2.72 bits per heavy atom. The summed E-state index contributed by atoms with van der Waals surface area (Å²) >= 11 is 0. The largest absolute Gasteiger partial charge is 0.451 e. The summed E-state index contributed by atoms with van der Waals surface area (Å²) in [6, 6.07) is 11.4. The van der Waals surface area contributed by atoms with Crippen LogP contribution in [0.3, 0.4) is 0 Å². The van der Waals surface area contributed by atoms with Crippen LogP contribution >= 0.6 is 0 Å². The number of nitrogens with one attached hydrogen (secondary N) is 1. The molecule has 206 valence electrons. The summed E-state index contributed by atoms with van der Waals surface area (Å²) in [5, 5.41) is 8.88. The van der Waals surface area contributed by atoms with Crippen molar-refractivity contribution in [2.75, 3.05) is 23.3 Å². The molecule has 0 saturated carbocycles. The molecule has 4 heterocycles. The first kappa shape index (κ1) is 27.1. The van der Waals surface area contributed by atoms with Crippen molar-refractivity contribution in [3.8, 4) is 11.3 Å². The second kappa shape index (κ2) is 10.3. The number of amides is 1. The van der Waals surface area contributed by atoms with Gasteiger partial charge in [-0.25, -0.2) is 0 Å². The minimum Gasteiger partial charge on any atom is -0.451 e. The lowest BCUT2D eigenvalue weighted by atomic mass is 10.1. The summed E-state index contributed by atoms with van der Waals surface area (Å²) in [4.78, 5) is 20.0. The fourth-order valence-corrected chi connectivity index (χ4v) is 6.27. The molecule has 0 aliphatic carbocycles. The highest BCUT2D eigenvalue weighted by Crippen LogP contribution is 2.39. The van der Waals surface area contributed by atoms with Crippen molar-refractivity contribution in [3.63, 3.8) is 0 Å². The lowest BCUT2D eigenvalue weighted by Gasteiger charge is -2.43. The second-order valence-electron chi connectivity index (χ2n) is 12.1. The molecule has 9 heteroatoms. The van der Waals surface area contributed by atoms with E-state index in [0.29, 0.717) is 5.76 Å². The van der Waals surface area contributed by atoms with Crippen molar-refractivity contribution < 1.29 is 13.6 Å². The van der Waals surface area contributed by atoms with Crippen molar-refractivity contribution in [2.24, 2.45) is 7.05 Å². The van der Waals surface area contributed by atoms with Gasteiger partial charge in [0.25, 0.3) is 5.91 Å². The molecule has 1 unspecified atom stereocenters. The number of pyridine rings is 1. The molecule has 3 aromatic heterocycles. The van der Waals surface area contributed by atoms with Gasteiger partial charge in [-0.15, -0.1) is 0 Å². The Bertz CT molecular complexity index is 1500. The van der Waals surface area contributed by atoms with E-state index in [1.807, 2.05) is 44.4 Å². The topological polar surface area (TPSA) is 85.4 Å². The van der Waals surface area contributed by atoms with Crippen molar-refractivity contribution in [3.05, 3.63) is 60.2 Å². The molecule has 0 spiro atoms. The normalized spacial score (nSPS) is 16.6. The lowest BCUT2D eigenvalue weighted by molar-refractivity contribution is 0.0997. The minimum absolute atomic E-state index is 0.151. The molecule has 1 aliphatic heterocycles. The van der Waals surface area contributed by atoms with Crippen LogP contribution < -0.4 is 10.2 Å². The van der Waals surface area contributed by atoms with Gasteiger partial charge in [-0.2, -0.15) is 5.10 Å². The van der Waals surface area contributed by atoms with E-state index in [0.717, 1.165) is 59.5 Å². The van der Waals surface area contributed by atoms with Gasteiger partial charge in [-0.3, -0.25) is 14.5 Å². The molecular formula is C30H39N5O3Si. The standard InChI is InChI=1S/C30H39N5O3Si/c1-20-15-21(12-13-31-20)27-10-11-28(37-27)29(36)32-25-16-22-18-34(5)33-24(22)17-26(25)35-14-8-9-23(19-35)38-39(6,7)30(2,3)4/h10-13,15-18,23H,8-9,14,19H2,1-7H3,(H,32,36). The van der Waals surface area contributed by atoms with E-state index in [1.54, 1.807) is 16.9 Å². The van der Waals surface area contributed by atoms with Gasteiger partial charge in [0.15, 0.2) is 14.1 Å². The number of rotatable bonds is 6. The number of piperidine rings is 1. The van der Waals surface area contributed by atoms with Gasteiger partial charge in [0.1, 0.15) is 5.76 Å². The highest BCUT2D eigenvalue weighted by Gasteiger charge is 2.40. The van der Waals surface area contributed by atoms with Crippen molar-refractivity contribution in [2.45, 2.75) is 64.8 Å². The van der Waals surface area contributed by atoms with Gasteiger partial charge in [0.05, 0.1) is 23.0 Å². The Labute approximate surface area is 231 Å². The molecule has 4 aromatic rings. The minimum atomic E-state index is -1.90. The van der Waals surface area contributed by atoms with Crippen LogP contribution in [0.4, 0.5) is 11.4 Å². The van der Waals surface area contributed by atoms with Crippen LogP contribution in [0.1, 0.15) is 49.9 Å². The predicted molar refractivity (Wildman–Crippen MR) is 159 cm³/mol. The monoisotopic (exact) mass is 545 g/mol. The summed E-state index contributed by atoms with van der Waals surface area (Å²) in [7, 11) is 0.00498. The van der Waals surface area contributed by atoms with Crippen molar-refractivity contribution in [1.82, 2.24) is 14.8 Å². The first-order chi connectivity index (χ1) is 18.4. The van der Waals surface area contributed by atoms with Crippen LogP contribution in [-0.2, 0) is 11.5 Å². The van der Waals surface area contributed by atoms with E-state index in [4.69, 9.17) is 8.84 Å². The lowest BCUT2D eigenvalue weighted by Crippen LogP contribution is -2.49. The van der Waals surface area contributed by atoms with E-state index >= 15 is 0 Å². The molecular weight excluding hydrogens is 506 g/mol. The number of aromatic nitrogens is 3. The number of nitrogens with zero attached hydrogens (tertiary/aromatic N) is 4. The number of carbonyl (C=O) groups excluding carboxylic acids is 1. The smallest absolute Gasteiger partial charge is 0.291 e. The molecule has 39 heavy (non-hydrogen) atoms. The zero-order valence-corrected chi connectivity index (χ0v) is 25.0. The average Bonchev–Trinajstić information content (AvgIpc) is 3.49. The molecule has 1 fully saturated rings. The highest BCUT2D eigenvalue weighted by molar-refractivity contribution is 6.74. The SMILES string of the molecule is Cc1cc(-c2ccc(C(=O)Nc3cc4cn(C)nc4cc3N3CCCC(O[Si](C)(C)C(C)(C)C)C3)o2)ccn1. The zero-order valence-electron chi connectivity index (χ0n) is 24.0. The number of hydrogen-bond acceptors (Lipinski definition) is 6. The second-order valence-corrected chi connectivity index (χ2v) is 16.9. The average molecular weight is 546 g/mol. The Morgan fingerprint density at radius 2 is 1.97 bits per heavy atom. The van der Waals surface area contributed by atoms with Crippen LogP contribution in [0.5, 0.6) is 0 Å². The third-order valence-electron chi connectivity index (χ3n) is 7.98. The van der Waals surface area contributed by atoms with E-state index in [2.05, 4.69) is 60.2 Å². The Morgan fingerprint density at radius 1 is 1.18 bits per heavy atom. The molecule has 1 atom stereocenters. The van der Waals surface area contributed by atoms with Gasteiger partial charge >= 0.3 is 0 Å². The molecule has 1 aromatic carbocycles. The molecule has 0 bridgehead atoms.